The molecule has 55 heavy (non-hydrogen) atoms. The van der Waals surface area contributed by atoms with Crippen LogP contribution in [0.3, 0.4) is 0 Å². The van der Waals surface area contributed by atoms with Gasteiger partial charge in [-0.15, -0.1) is 22.7 Å². The Morgan fingerprint density at radius 3 is 1.62 bits per heavy atom. The number of benzene rings is 9. The minimum atomic E-state index is 1.11. The summed E-state index contributed by atoms with van der Waals surface area (Å²) >= 11 is 3.75. The van der Waals surface area contributed by atoms with Crippen LogP contribution in [0.1, 0.15) is 0 Å². The molecule has 2 heterocycles. The molecule has 0 amide bonds. The van der Waals surface area contributed by atoms with Gasteiger partial charge in [0.25, 0.3) is 0 Å². The standard InChI is InChI=1S/C52H33NS2/c1-2-14-39-34(12-1)13-9-18-40(39)35-26-30-37(31-27-35)53(38-32-28-36(29-33-38)41-19-10-21-45-43-16-4-7-23-48(43)55-52(41)45)47-22-6-3-15-42(47)44-20-11-25-50-51(44)46-17-5-8-24-49(46)54-50/h1-33H. The van der Waals surface area contributed by atoms with Gasteiger partial charge in [-0.05, 0) is 87.1 Å². The highest BCUT2D eigenvalue weighted by molar-refractivity contribution is 7.26. The van der Waals surface area contributed by atoms with Crippen LogP contribution < -0.4 is 4.90 Å². The fourth-order valence-electron chi connectivity index (χ4n) is 8.35. The lowest BCUT2D eigenvalue weighted by molar-refractivity contribution is 1.28. The van der Waals surface area contributed by atoms with Gasteiger partial charge >= 0.3 is 0 Å². The number of hydrogen-bond acceptors (Lipinski definition) is 3. The molecule has 0 radical (unpaired) electrons. The van der Waals surface area contributed by atoms with E-state index in [1.54, 1.807) is 0 Å². The first-order valence-corrected chi connectivity index (χ1v) is 20.3. The predicted octanol–water partition coefficient (Wildman–Crippen LogP) is 16.0. The number of thiophene rings is 2. The molecule has 2 aromatic heterocycles. The highest BCUT2D eigenvalue weighted by Crippen LogP contribution is 2.47. The van der Waals surface area contributed by atoms with Crippen LogP contribution in [-0.4, -0.2) is 0 Å². The molecule has 1 nitrogen and oxygen atoms in total. The molecule has 0 unspecified atom stereocenters. The van der Waals surface area contributed by atoms with Crippen LogP contribution in [-0.2, 0) is 0 Å². The lowest BCUT2D eigenvalue weighted by Crippen LogP contribution is -2.11. The van der Waals surface area contributed by atoms with Crippen LogP contribution in [0.4, 0.5) is 17.1 Å². The van der Waals surface area contributed by atoms with Gasteiger partial charge in [0, 0.05) is 57.3 Å². The number of anilines is 3. The van der Waals surface area contributed by atoms with Crippen molar-refractivity contribution in [2.24, 2.45) is 0 Å². The molecule has 0 aliphatic heterocycles. The molecule has 0 atom stereocenters. The van der Waals surface area contributed by atoms with Crippen molar-refractivity contribution in [3.05, 3.63) is 200 Å². The quantitative estimate of drug-likeness (QED) is 0.164. The summed E-state index contributed by atoms with van der Waals surface area (Å²) in [5, 5.41) is 7.77. The van der Waals surface area contributed by atoms with Crippen LogP contribution in [0, 0.1) is 0 Å². The minimum absolute atomic E-state index is 1.11. The summed E-state index contributed by atoms with van der Waals surface area (Å²) in [5.74, 6) is 0. The van der Waals surface area contributed by atoms with E-state index in [-0.39, 0.29) is 0 Å². The molecule has 0 fully saturated rings. The first kappa shape index (κ1) is 32.0. The van der Waals surface area contributed by atoms with E-state index in [9.17, 15) is 0 Å². The summed E-state index contributed by atoms with van der Waals surface area (Å²) in [4.78, 5) is 2.43. The Balaban J connectivity index is 1.08. The molecule has 11 rings (SSSR count). The predicted molar refractivity (Wildman–Crippen MR) is 241 cm³/mol. The zero-order valence-corrected chi connectivity index (χ0v) is 31.4. The molecule has 9 aromatic carbocycles. The van der Waals surface area contributed by atoms with Crippen LogP contribution in [0.2, 0.25) is 0 Å². The van der Waals surface area contributed by atoms with Gasteiger partial charge < -0.3 is 4.90 Å². The van der Waals surface area contributed by atoms with Crippen molar-refractivity contribution in [3.8, 4) is 33.4 Å². The van der Waals surface area contributed by atoms with E-state index in [1.165, 1.54) is 84.5 Å². The Morgan fingerprint density at radius 2 is 0.818 bits per heavy atom. The van der Waals surface area contributed by atoms with E-state index >= 15 is 0 Å². The minimum Gasteiger partial charge on any atom is -0.310 e. The van der Waals surface area contributed by atoms with E-state index in [2.05, 4.69) is 205 Å². The van der Waals surface area contributed by atoms with Crippen molar-refractivity contribution in [2.45, 2.75) is 0 Å². The zero-order valence-electron chi connectivity index (χ0n) is 29.8. The number of para-hydroxylation sites is 1. The Kier molecular flexibility index (Phi) is 7.61. The maximum Gasteiger partial charge on any atom is 0.0540 e. The van der Waals surface area contributed by atoms with Crippen LogP contribution >= 0.6 is 22.7 Å². The first-order chi connectivity index (χ1) is 27.3. The second kappa shape index (κ2) is 13.1. The van der Waals surface area contributed by atoms with E-state index in [0.29, 0.717) is 0 Å². The van der Waals surface area contributed by atoms with Gasteiger partial charge in [-0.3, -0.25) is 0 Å². The summed E-state index contributed by atoms with van der Waals surface area (Å²) in [6.07, 6.45) is 0. The van der Waals surface area contributed by atoms with Crippen molar-refractivity contribution < 1.29 is 0 Å². The average Bonchev–Trinajstić information content (AvgIpc) is 3.83. The summed E-state index contributed by atoms with van der Waals surface area (Å²) in [6, 6.07) is 73.4. The maximum atomic E-state index is 2.43. The lowest BCUT2D eigenvalue weighted by atomic mass is 9.96. The summed E-state index contributed by atoms with van der Waals surface area (Å²) in [5.41, 5.74) is 10.7. The maximum absolute atomic E-state index is 2.43. The zero-order chi connectivity index (χ0) is 36.3. The Labute approximate surface area is 327 Å². The molecule has 0 saturated heterocycles. The fourth-order valence-corrected chi connectivity index (χ4v) is 10.7. The number of rotatable bonds is 6. The number of nitrogens with zero attached hydrogens (tertiary/aromatic N) is 1. The van der Waals surface area contributed by atoms with Gasteiger partial charge in [-0.25, -0.2) is 0 Å². The van der Waals surface area contributed by atoms with Gasteiger partial charge in [0.1, 0.15) is 0 Å². The molecule has 0 aliphatic rings. The van der Waals surface area contributed by atoms with Gasteiger partial charge in [0.15, 0.2) is 0 Å². The van der Waals surface area contributed by atoms with Gasteiger partial charge in [-0.2, -0.15) is 0 Å². The highest BCUT2D eigenvalue weighted by Gasteiger charge is 2.20. The lowest BCUT2D eigenvalue weighted by Gasteiger charge is -2.28. The first-order valence-electron chi connectivity index (χ1n) is 18.7. The topological polar surface area (TPSA) is 3.24 Å². The van der Waals surface area contributed by atoms with Crippen LogP contribution in [0.5, 0.6) is 0 Å². The molecule has 3 heteroatoms. The third-order valence-electron chi connectivity index (χ3n) is 10.9. The van der Waals surface area contributed by atoms with E-state index in [4.69, 9.17) is 0 Å². The molecule has 0 aliphatic carbocycles. The fraction of sp³-hybridized carbons (Fsp3) is 0. The third-order valence-corrected chi connectivity index (χ3v) is 13.3. The molecule has 0 saturated carbocycles. The van der Waals surface area contributed by atoms with E-state index < -0.39 is 0 Å². The van der Waals surface area contributed by atoms with E-state index in [1.807, 2.05) is 22.7 Å². The SMILES string of the molecule is c1ccc(N(c2ccc(-c3cccc4ccccc34)cc2)c2ccc(-c3cccc4c3sc3ccccc34)cc2)c(-c2cccc3sc4ccccc4c23)c1. The Morgan fingerprint density at radius 1 is 0.309 bits per heavy atom. The summed E-state index contributed by atoms with van der Waals surface area (Å²) < 4.78 is 5.27. The number of hydrogen-bond donors (Lipinski definition) is 0. The van der Waals surface area contributed by atoms with E-state index in [0.717, 1.165) is 17.1 Å². The highest BCUT2D eigenvalue weighted by atomic mass is 32.1. The van der Waals surface area contributed by atoms with Gasteiger partial charge in [-0.1, -0.05) is 152 Å². The van der Waals surface area contributed by atoms with Crippen molar-refractivity contribution >= 4 is 90.9 Å². The Hall–Kier alpha value is -6.52. The van der Waals surface area contributed by atoms with Crippen molar-refractivity contribution in [1.82, 2.24) is 0 Å². The second-order valence-electron chi connectivity index (χ2n) is 14.0. The van der Waals surface area contributed by atoms with Crippen molar-refractivity contribution in [2.75, 3.05) is 4.90 Å². The third kappa shape index (κ3) is 5.35. The number of fused-ring (bicyclic) bond motifs is 7. The summed E-state index contributed by atoms with van der Waals surface area (Å²) in [6.45, 7) is 0. The normalized spacial score (nSPS) is 11.6. The van der Waals surface area contributed by atoms with Gasteiger partial charge in [0.2, 0.25) is 0 Å². The monoisotopic (exact) mass is 735 g/mol. The summed E-state index contributed by atoms with van der Waals surface area (Å²) in [7, 11) is 0. The van der Waals surface area contributed by atoms with Crippen molar-refractivity contribution in [3.63, 3.8) is 0 Å². The molecule has 0 N–H and O–H groups in total. The molecule has 258 valence electrons. The van der Waals surface area contributed by atoms with Crippen molar-refractivity contribution in [1.29, 1.82) is 0 Å². The molecule has 0 spiro atoms. The van der Waals surface area contributed by atoms with Gasteiger partial charge in [0.05, 0.1) is 5.69 Å². The average molecular weight is 736 g/mol. The smallest absolute Gasteiger partial charge is 0.0540 e. The molecule has 0 bridgehead atoms. The van der Waals surface area contributed by atoms with Crippen LogP contribution in [0.15, 0.2) is 200 Å². The van der Waals surface area contributed by atoms with Crippen LogP contribution in [0.25, 0.3) is 84.5 Å². The molecular formula is C52H33NS2. The second-order valence-corrected chi connectivity index (χ2v) is 16.2. The largest absolute Gasteiger partial charge is 0.310 e. The Bertz CT molecular complexity index is 3200. The molecular weight excluding hydrogens is 703 g/mol. The molecule has 11 aromatic rings.